The van der Waals surface area contributed by atoms with Crippen LogP contribution in [0.4, 0.5) is 4.79 Å². The summed E-state index contributed by atoms with van der Waals surface area (Å²) in [6.45, 7) is 8.39. The lowest BCUT2D eigenvalue weighted by Crippen LogP contribution is -2.33. The van der Waals surface area contributed by atoms with Crippen LogP contribution in [0.5, 0.6) is 0 Å². The maximum absolute atomic E-state index is 11.2. The van der Waals surface area contributed by atoms with Gasteiger partial charge in [-0.3, -0.25) is 0 Å². The summed E-state index contributed by atoms with van der Waals surface area (Å²) in [6, 6.07) is 0. The van der Waals surface area contributed by atoms with Gasteiger partial charge >= 0.3 is 6.09 Å². The minimum absolute atomic E-state index is 0.328. The van der Waals surface area contributed by atoms with Crippen molar-refractivity contribution in [2.45, 2.75) is 45.0 Å². The molecule has 0 aromatic rings. The summed E-state index contributed by atoms with van der Waals surface area (Å²) in [6.07, 6.45) is 2.71. The molecule has 0 aromatic heterocycles. The highest BCUT2D eigenvalue weighted by Gasteiger charge is 2.15. The van der Waals surface area contributed by atoms with Gasteiger partial charge in [0, 0.05) is 11.8 Å². The zero-order chi connectivity index (χ0) is 11.2. The van der Waals surface area contributed by atoms with Gasteiger partial charge in [0.15, 0.2) is 0 Å². The van der Waals surface area contributed by atoms with Crippen LogP contribution in [0.1, 0.15) is 34.1 Å². The molecule has 0 saturated carbocycles. The van der Waals surface area contributed by atoms with E-state index in [4.69, 9.17) is 4.74 Å². The lowest BCUT2D eigenvalue weighted by molar-refractivity contribution is 0.0527. The summed E-state index contributed by atoms with van der Waals surface area (Å²) in [5.41, 5.74) is -0.408. The molecule has 14 heavy (non-hydrogen) atoms. The normalized spacial score (nSPS) is 13.5. The lowest BCUT2D eigenvalue weighted by Gasteiger charge is -2.20. The highest BCUT2D eigenvalue weighted by atomic mass is 32.2. The van der Waals surface area contributed by atoms with Crippen LogP contribution in [0.3, 0.4) is 0 Å². The molecule has 3 nitrogen and oxygen atoms in total. The maximum atomic E-state index is 11.2. The summed E-state index contributed by atoms with van der Waals surface area (Å²) >= 11 is 1.80. The maximum Gasteiger partial charge on any atom is 0.407 e. The number of hydrogen-bond acceptors (Lipinski definition) is 3. The number of alkyl carbamates (subject to hydrolysis) is 1. The summed E-state index contributed by atoms with van der Waals surface area (Å²) in [5.74, 6) is 0. The molecule has 0 radical (unpaired) electrons. The van der Waals surface area contributed by atoms with Gasteiger partial charge in [0.25, 0.3) is 0 Å². The Hall–Kier alpha value is -0.380. The van der Waals surface area contributed by atoms with Crippen LogP contribution >= 0.6 is 11.8 Å². The molecule has 0 aliphatic carbocycles. The van der Waals surface area contributed by atoms with Crippen molar-refractivity contribution >= 4 is 17.9 Å². The number of amides is 1. The van der Waals surface area contributed by atoms with Crippen LogP contribution in [0, 0.1) is 0 Å². The first-order valence-electron chi connectivity index (χ1n) is 4.85. The largest absolute Gasteiger partial charge is 0.444 e. The number of carbonyl (C=O) groups is 1. The first-order valence-corrected chi connectivity index (χ1v) is 6.13. The third kappa shape index (κ3) is 8.23. The zero-order valence-corrected chi connectivity index (χ0v) is 10.5. The molecule has 0 aliphatic heterocycles. The van der Waals surface area contributed by atoms with E-state index in [0.717, 1.165) is 6.42 Å². The molecule has 0 rings (SSSR count). The molecule has 1 unspecified atom stereocenters. The van der Waals surface area contributed by atoms with Crippen molar-refractivity contribution < 1.29 is 9.53 Å². The van der Waals surface area contributed by atoms with Gasteiger partial charge in [0.1, 0.15) is 5.60 Å². The van der Waals surface area contributed by atoms with E-state index in [1.807, 2.05) is 20.8 Å². The molecule has 0 aliphatic rings. The Labute approximate surface area is 91.0 Å². The highest BCUT2D eigenvalue weighted by Crippen LogP contribution is 2.09. The second kappa shape index (κ2) is 6.17. The average Bonchev–Trinajstić information content (AvgIpc) is 2.00. The highest BCUT2D eigenvalue weighted by molar-refractivity contribution is 7.99. The fraction of sp³-hybridized carbons (Fsp3) is 0.900. The van der Waals surface area contributed by atoms with E-state index < -0.39 is 5.60 Å². The van der Waals surface area contributed by atoms with E-state index in [1.165, 1.54) is 0 Å². The molecule has 0 spiro atoms. The second-order valence-corrected chi connectivity index (χ2v) is 5.54. The molecule has 0 saturated heterocycles. The molecule has 1 N–H and O–H groups in total. The summed E-state index contributed by atoms with van der Waals surface area (Å²) in [7, 11) is 0. The number of thioether (sulfide) groups is 1. The topological polar surface area (TPSA) is 38.3 Å². The standard InChI is InChI=1S/C10H21NO2S/c1-8(14-5)6-7-11-9(12)13-10(2,3)4/h8H,6-7H2,1-5H3,(H,11,12). The zero-order valence-electron chi connectivity index (χ0n) is 9.72. The van der Waals surface area contributed by atoms with Crippen molar-refractivity contribution in [1.82, 2.24) is 5.32 Å². The predicted octanol–water partition coefficient (Wildman–Crippen LogP) is 2.65. The Morgan fingerprint density at radius 1 is 1.50 bits per heavy atom. The van der Waals surface area contributed by atoms with Gasteiger partial charge in [-0.05, 0) is 33.4 Å². The van der Waals surface area contributed by atoms with Crippen LogP contribution in [0.15, 0.2) is 0 Å². The van der Waals surface area contributed by atoms with Gasteiger partial charge in [-0.2, -0.15) is 11.8 Å². The number of ether oxygens (including phenoxy) is 1. The predicted molar refractivity (Wildman–Crippen MR) is 61.8 cm³/mol. The number of nitrogens with one attached hydrogen (secondary N) is 1. The van der Waals surface area contributed by atoms with Crippen LogP contribution in [0.25, 0.3) is 0 Å². The van der Waals surface area contributed by atoms with E-state index in [1.54, 1.807) is 11.8 Å². The third-order valence-corrected chi connectivity index (χ3v) is 2.66. The van der Waals surface area contributed by atoms with Crippen molar-refractivity contribution in [2.24, 2.45) is 0 Å². The molecule has 1 atom stereocenters. The Balaban J connectivity index is 3.55. The van der Waals surface area contributed by atoms with Gasteiger partial charge < -0.3 is 10.1 Å². The van der Waals surface area contributed by atoms with Gasteiger partial charge in [0.05, 0.1) is 0 Å². The summed E-state index contributed by atoms with van der Waals surface area (Å²) in [5, 5.41) is 3.30. The van der Waals surface area contributed by atoms with Gasteiger partial charge in [0.2, 0.25) is 0 Å². The Morgan fingerprint density at radius 3 is 2.50 bits per heavy atom. The number of hydrogen-bond donors (Lipinski definition) is 1. The third-order valence-electron chi connectivity index (χ3n) is 1.62. The van der Waals surface area contributed by atoms with Gasteiger partial charge in [-0.1, -0.05) is 6.92 Å². The van der Waals surface area contributed by atoms with Crippen molar-refractivity contribution in [3.8, 4) is 0 Å². The van der Waals surface area contributed by atoms with E-state index in [0.29, 0.717) is 11.8 Å². The molecule has 4 heteroatoms. The minimum atomic E-state index is -0.408. The van der Waals surface area contributed by atoms with Crippen LogP contribution in [-0.2, 0) is 4.74 Å². The SMILES string of the molecule is CSC(C)CCNC(=O)OC(C)(C)C. The van der Waals surface area contributed by atoms with Crippen molar-refractivity contribution in [2.75, 3.05) is 12.8 Å². The Kier molecular flexibility index (Phi) is 6.00. The summed E-state index contributed by atoms with van der Waals surface area (Å²) < 4.78 is 5.10. The number of rotatable bonds is 4. The Bertz CT molecular complexity index is 177. The average molecular weight is 219 g/mol. The molecule has 0 heterocycles. The fourth-order valence-electron chi connectivity index (χ4n) is 0.810. The summed E-state index contributed by atoms with van der Waals surface area (Å²) in [4.78, 5) is 11.2. The quantitative estimate of drug-likeness (QED) is 0.790. The molecular formula is C10H21NO2S. The molecule has 1 amide bonds. The number of carbonyl (C=O) groups excluding carboxylic acids is 1. The molecular weight excluding hydrogens is 198 g/mol. The first-order chi connectivity index (χ1) is 6.35. The fourth-order valence-corrected chi connectivity index (χ4v) is 1.16. The van der Waals surface area contributed by atoms with E-state index in [2.05, 4.69) is 18.5 Å². The minimum Gasteiger partial charge on any atom is -0.444 e. The first kappa shape index (κ1) is 13.6. The van der Waals surface area contributed by atoms with E-state index in [9.17, 15) is 4.79 Å². The van der Waals surface area contributed by atoms with Crippen molar-refractivity contribution in [3.05, 3.63) is 0 Å². The molecule has 0 bridgehead atoms. The smallest absolute Gasteiger partial charge is 0.407 e. The van der Waals surface area contributed by atoms with Crippen LogP contribution < -0.4 is 5.32 Å². The molecule has 84 valence electrons. The molecule has 0 aromatic carbocycles. The van der Waals surface area contributed by atoms with E-state index in [-0.39, 0.29) is 6.09 Å². The van der Waals surface area contributed by atoms with Crippen LogP contribution in [-0.4, -0.2) is 29.7 Å². The van der Waals surface area contributed by atoms with Crippen molar-refractivity contribution in [3.63, 3.8) is 0 Å². The van der Waals surface area contributed by atoms with Gasteiger partial charge in [-0.15, -0.1) is 0 Å². The Morgan fingerprint density at radius 2 is 2.07 bits per heavy atom. The second-order valence-electron chi connectivity index (χ2n) is 4.26. The van der Waals surface area contributed by atoms with E-state index >= 15 is 0 Å². The molecule has 0 fully saturated rings. The van der Waals surface area contributed by atoms with Gasteiger partial charge in [-0.25, -0.2) is 4.79 Å². The lowest BCUT2D eigenvalue weighted by atomic mass is 10.2. The van der Waals surface area contributed by atoms with Crippen molar-refractivity contribution in [1.29, 1.82) is 0 Å². The monoisotopic (exact) mass is 219 g/mol. The van der Waals surface area contributed by atoms with Crippen LogP contribution in [0.2, 0.25) is 0 Å².